The fraction of sp³-hybridized carbons (Fsp3) is 0.895. The number of carbonyl (C=O) groups is 1. The van der Waals surface area contributed by atoms with Crippen LogP contribution in [-0.4, -0.2) is 62.7 Å². The maximum Gasteiger partial charge on any atom is 0.225 e. The highest BCUT2D eigenvalue weighted by atomic mass is 127. The summed E-state index contributed by atoms with van der Waals surface area (Å²) in [5.74, 6) is 1.84. The molecule has 2 saturated carbocycles. The van der Waals surface area contributed by atoms with Crippen molar-refractivity contribution in [2.75, 3.05) is 27.7 Å². The quantitative estimate of drug-likeness (QED) is 0.371. The standard InChI is InChI=1S/C19H34N4O2.HI/c1-19(2)15(14-9-10-25-16(14)19)22-18(20-3)21-13-8-6-7-12(11-13)17(24)23(4)5;/h12-16H,6-11H2,1-5H3,(H2,20,21,22);1H. The molecule has 3 rings (SSSR count). The number of halogens is 1. The summed E-state index contributed by atoms with van der Waals surface area (Å²) in [6.45, 7) is 5.42. The van der Waals surface area contributed by atoms with E-state index in [9.17, 15) is 4.79 Å². The molecule has 0 spiro atoms. The van der Waals surface area contributed by atoms with E-state index in [-0.39, 0.29) is 41.2 Å². The summed E-state index contributed by atoms with van der Waals surface area (Å²) in [5.41, 5.74) is 0.134. The number of amides is 1. The van der Waals surface area contributed by atoms with E-state index in [0.717, 1.165) is 44.7 Å². The summed E-state index contributed by atoms with van der Waals surface area (Å²) >= 11 is 0. The van der Waals surface area contributed by atoms with Gasteiger partial charge in [0.25, 0.3) is 0 Å². The summed E-state index contributed by atoms with van der Waals surface area (Å²) in [6.07, 6.45) is 5.58. The minimum Gasteiger partial charge on any atom is -0.377 e. The molecule has 1 aliphatic heterocycles. The second-order valence-corrected chi connectivity index (χ2v) is 8.70. The van der Waals surface area contributed by atoms with Crippen molar-refractivity contribution in [3.8, 4) is 0 Å². The van der Waals surface area contributed by atoms with Crippen LogP contribution in [0.15, 0.2) is 4.99 Å². The van der Waals surface area contributed by atoms with Crippen LogP contribution in [0.1, 0.15) is 46.0 Å². The van der Waals surface area contributed by atoms with Gasteiger partial charge in [-0.05, 0) is 25.7 Å². The third-order valence-corrected chi connectivity index (χ3v) is 6.42. The maximum absolute atomic E-state index is 12.3. The Labute approximate surface area is 174 Å². The van der Waals surface area contributed by atoms with Crippen molar-refractivity contribution in [2.45, 2.75) is 64.1 Å². The molecule has 5 unspecified atom stereocenters. The van der Waals surface area contributed by atoms with Gasteiger partial charge in [0.2, 0.25) is 5.91 Å². The van der Waals surface area contributed by atoms with Gasteiger partial charge in [-0.15, -0.1) is 24.0 Å². The van der Waals surface area contributed by atoms with Crippen molar-refractivity contribution in [1.29, 1.82) is 0 Å². The Morgan fingerprint density at radius 2 is 1.92 bits per heavy atom. The SMILES string of the molecule is CN=C(NC1CCCC(C(=O)N(C)C)C1)NC1C2CCOC2C1(C)C.I. The summed E-state index contributed by atoms with van der Waals surface area (Å²) in [4.78, 5) is 18.4. The van der Waals surface area contributed by atoms with Crippen LogP contribution in [0.25, 0.3) is 0 Å². The van der Waals surface area contributed by atoms with Crippen molar-refractivity contribution >= 4 is 35.8 Å². The van der Waals surface area contributed by atoms with Crippen molar-refractivity contribution < 1.29 is 9.53 Å². The molecule has 6 nitrogen and oxygen atoms in total. The van der Waals surface area contributed by atoms with E-state index in [1.807, 2.05) is 21.1 Å². The van der Waals surface area contributed by atoms with E-state index in [4.69, 9.17) is 4.74 Å². The minimum atomic E-state index is 0. The summed E-state index contributed by atoms with van der Waals surface area (Å²) in [5, 5.41) is 7.22. The first kappa shape index (κ1) is 21.7. The molecule has 7 heteroatoms. The number of nitrogens with zero attached hydrogens (tertiary/aromatic N) is 2. The molecular weight excluding hydrogens is 443 g/mol. The van der Waals surface area contributed by atoms with Gasteiger partial charge in [-0.2, -0.15) is 0 Å². The minimum absolute atomic E-state index is 0. The number of rotatable bonds is 3. The molecule has 150 valence electrons. The molecule has 3 aliphatic rings. The van der Waals surface area contributed by atoms with Crippen molar-refractivity contribution in [1.82, 2.24) is 15.5 Å². The highest BCUT2D eigenvalue weighted by Gasteiger charge is 2.59. The third kappa shape index (κ3) is 4.13. The Hall–Kier alpha value is -0.570. The van der Waals surface area contributed by atoms with Crippen LogP contribution in [-0.2, 0) is 9.53 Å². The number of aliphatic imine (C=N–C) groups is 1. The average molecular weight is 478 g/mol. The van der Waals surface area contributed by atoms with Crippen molar-refractivity contribution in [2.24, 2.45) is 22.2 Å². The van der Waals surface area contributed by atoms with Gasteiger partial charge < -0.3 is 20.3 Å². The molecule has 0 radical (unpaired) electrons. The third-order valence-electron chi connectivity index (χ3n) is 6.42. The largest absolute Gasteiger partial charge is 0.377 e. The molecule has 0 bridgehead atoms. The molecule has 1 amide bonds. The zero-order valence-electron chi connectivity index (χ0n) is 16.7. The number of guanidine groups is 1. The normalized spacial score (nSPS) is 35.6. The van der Waals surface area contributed by atoms with Crippen LogP contribution in [0, 0.1) is 17.3 Å². The van der Waals surface area contributed by atoms with E-state index in [0.29, 0.717) is 24.1 Å². The van der Waals surface area contributed by atoms with Gasteiger partial charge in [-0.3, -0.25) is 9.79 Å². The highest BCUT2D eigenvalue weighted by Crippen LogP contribution is 2.52. The number of hydrogen-bond acceptors (Lipinski definition) is 3. The number of nitrogens with one attached hydrogen (secondary N) is 2. The van der Waals surface area contributed by atoms with Crippen LogP contribution in [0.4, 0.5) is 0 Å². The lowest BCUT2D eigenvalue weighted by atomic mass is 9.57. The van der Waals surface area contributed by atoms with Gasteiger partial charge in [0.05, 0.1) is 6.10 Å². The molecule has 0 aromatic rings. The molecule has 5 atom stereocenters. The Balaban J connectivity index is 0.00000243. The first-order valence-corrected chi connectivity index (χ1v) is 9.67. The lowest BCUT2D eigenvalue weighted by Crippen LogP contribution is -2.68. The zero-order valence-corrected chi connectivity index (χ0v) is 19.1. The lowest BCUT2D eigenvalue weighted by Gasteiger charge is -2.55. The molecular formula is C19H35IN4O2. The van der Waals surface area contributed by atoms with Gasteiger partial charge >= 0.3 is 0 Å². The molecule has 0 aromatic carbocycles. The Kier molecular flexibility index (Phi) is 7.21. The van der Waals surface area contributed by atoms with Gasteiger partial charge in [-0.25, -0.2) is 0 Å². The molecule has 3 fully saturated rings. The van der Waals surface area contributed by atoms with Crippen molar-refractivity contribution in [3.05, 3.63) is 0 Å². The number of ether oxygens (including phenoxy) is 1. The summed E-state index contributed by atoms with van der Waals surface area (Å²) < 4.78 is 5.88. The number of fused-ring (bicyclic) bond motifs is 1. The van der Waals surface area contributed by atoms with E-state index in [1.165, 1.54) is 0 Å². The predicted octanol–water partition coefficient (Wildman–Crippen LogP) is 2.23. The first-order valence-electron chi connectivity index (χ1n) is 9.67. The smallest absolute Gasteiger partial charge is 0.225 e. The predicted molar refractivity (Wildman–Crippen MR) is 115 cm³/mol. The first-order chi connectivity index (χ1) is 11.8. The van der Waals surface area contributed by atoms with Gasteiger partial charge in [0.15, 0.2) is 5.96 Å². The summed E-state index contributed by atoms with van der Waals surface area (Å²) in [7, 11) is 5.52. The molecule has 1 saturated heterocycles. The highest BCUT2D eigenvalue weighted by molar-refractivity contribution is 14.0. The number of carbonyl (C=O) groups excluding carboxylic acids is 1. The second-order valence-electron chi connectivity index (χ2n) is 8.70. The second kappa shape index (κ2) is 8.63. The lowest BCUT2D eigenvalue weighted by molar-refractivity contribution is -0.134. The molecule has 0 aromatic heterocycles. The fourth-order valence-electron chi connectivity index (χ4n) is 5.04. The zero-order chi connectivity index (χ0) is 18.2. The molecule has 26 heavy (non-hydrogen) atoms. The Bertz CT molecular complexity index is 538. The Morgan fingerprint density at radius 3 is 2.58 bits per heavy atom. The van der Waals surface area contributed by atoms with Gasteiger partial charge in [0.1, 0.15) is 0 Å². The van der Waals surface area contributed by atoms with Crippen LogP contribution in [0.3, 0.4) is 0 Å². The molecule has 2 N–H and O–H groups in total. The van der Waals surface area contributed by atoms with E-state index in [2.05, 4.69) is 29.5 Å². The summed E-state index contributed by atoms with van der Waals surface area (Å²) in [6, 6.07) is 0.710. The van der Waals surface area contributed by atoms with E-state index in [1.54, 1.807) is 4.90 Å². The van der Waals surface area contributed by atoms with E-state index >= 15 is 0 Å². The fourth-order valence-corrected chi connectivity index (χ4v) is 5.04. The number of hydrogen-bond donors (Lipinski definition) is 2. The van der Waals surface area contributed by atoms with E-state index < -0.39 is 0 Å². The van der Waals surface area contributed by atoms with Gasteiger partial charge in [0, 0.05) is 57.1 Å². The monoisotopic (exact) mass is 478 g/mol. The maximum atomic E-state index is 12.3. The van der Waals surface area contributed by atoms with Crippen LogP contribution < -0.4 is 10.6 Å². The topological polar surface area (TPSA) is 66.0 Å². The molecule has 2 aliphatic carbocycles. The molecule has 1 heterocycles. The average Bonchev–Trinajstić information content (AvgIpc) is 3.05. The van der Waals surface area contributed by atoms with Crippen molar-refractivity contribution in [3.63, 3.8) is 0 Å². The van der Waals surface area contributed by atoms with Crippen LogP contribution in [0.2, 0.25) is 0 Å². The van der Waals surface area contributed by atoms with Gasteiger partial charge in [-0.1, -0.05) is 20.3 Å². The van der Waals surface area contributed by atoms with Crippen LogP contribution >= 0.6 is 24.0 Å². The van der Waals surface area contributed by atoms with Crippen LogP contribution in [0.5, 0.6) is 0 Å². The Morgan fingerprint density at radius 1 is 1.19 bits per heavy atom.